The highest BCUT2D eigenvalue weighted by atomic mass is 16.6. The zero-order chi connectivity index (χ0) is 33.8. The van der Waals surface area contributed by atoms with Gasteiger partial charge in [-0.05, 0) is 92.6 Å². The summed E-state index contributed by atoms with van der Waals surface area (Å²) in [5.74, 6) is 1.89. The van der Waals surface area contributed by atoms with Gasteiger partial charge in [0, 0.05) is 13.2 Å². The Morgan fingerprint density at radius 1 is 1.09 bits per heavy atom. The van der Waals surface area contributed by atoms with E-state index in [9.17, 15) is 4.79 Å². The molecule has 0 aromatic carbocycles. The predicted molar refractivity (Wildman–Crippen MR) is 188 cm³/mol. The Morgan fingerprint density at radius 3 is 2.43 bits per heavy atom. The molecule has 3 unspecified atom stereocenters. The van der Waals surface area contributed by atoms with Gasteiger partial charge >= 0.3 is 6.09 Å². The zero-order valence-electron chi connectivity index (χ0n) is 30.1. The van der Waals surface area contributed by atoms with Crippen molar-refractivity contribution >= 4 is 6.09 Å². The number of hydrogen-bond donors (Lipinski definition) is 1. The summed E-state index contributed by atoms with van der Waals surface area (Å²) in [6.45, 7) is 20.5. The fourth-order valence-electron chi connectivity index (χ4n) is 5.59. The van der Waals surface area contributed by atoms with Crippen LogP contribution in [0.5, 0.6) is 0 Å². The average Bonchev–Trinajstić information content (AvgIpc) is 3.89. The minimum atomic E-state index is -0.489. The van der Waals surface area contributed by atoms with Gasteiger partial charge in [-0.25, -0.2) is 4.79 Å². The number of unbranched alkanes of at least 4 members (excludes halogenated alkanes) is 1. The molecule has 2 rings (SSSR count). The van der Waals surface area contributed by atoms with Crippen molar-refractivity contribution in [2.75, 3.05) is 39.6 Å². The first-order chi connectivity index (χ1) is 22.2. The van der Waals surface area contributed by atoms with Gasteiger partial charge in [0.15, 0.2) is 6.10 Å². The van der Waals surface area contributed by atoms with Gasteiger partial charge in [0.25, 0.3) is 0 Å². The molecule has 0 spiro atoms. The lowest BCUT2D eigenvalue weighted by Crippen LogP contribution is -2.34. The molecule has 1 aliphatic heterocycles. The number of allylic oxidation sites excluding steroid dienone is 10. The molecule has 1 fully saturated rings. The number of ether oxygens (including phenoxy) is 5. The van der Waals surface area contributed by atoms with Gasteiger partial charge in [0.2, 0.25) is 0 Å². The van der Waals surface area contributed by atoms with Crippen LogP contribution in [0.4, 0.5) is 4.79 Å². The first-order valence-corrected chi connectivity index (χ1v) is 17.7. The standard InChI is InChI=1S/C39H63NO6/c1-9-15-26-40-37(41)46-36(27-42-14-6)30-44-34-21-17-31(18-22-34)38(7,8)32(23-25-39(12-4,13-5)24-11-3)19-20-33(16-10-2)43-28-35-29-45-35/h10,16-17,19-23,25,31,35-36H,9,11-15,18,24,26-30H2,1-8H3,(H,40,41)/b16-10-,25-23+,32-19+,33-20+. The first kappa shape index (κ1) is 39.4. The summed E-state index contributed by atoms with van der Waals surface area (Å²) < 4.78 is 28.7. The van der Waals surface area contributed by atoms with Crippen LogP contribution in [0.25, 0.3) is 0 Å². The van der Waals surface area contributed by atoms with Crippen LogP contribution >= 0.6 is 0 Å². The molecule has 260 valence electrons. The first-order valence-electron chi connectivity index (χ1n) is 17.7. The maximum Gasteiger partial charge on any atom is 0.407 e. The molecular weight excluding hydrogens is 578 g/mol. The molecule has 0 aromatic rings. The summed E-state index contributed by atoms with van der Waals surface area (Å²) in [5, 5.41) is 2.80. The van der Waals surface area contributed by atoms with E-state index in [0.29, 0.717) is 26.4 Å². The van der Waals surface area contributed by atoms with E-state index in [1.54, 1.807) is 0 Å². The summed E-state index contributed by atoms with van der Waals surface area (Å²) in [4.78, 5) is 12.2. The lowest BCUT2D eigenvalue weighted by atomic mass is 9.69. The number of alkyl carbamates (subject to hydrolysis) is 1. The molecule has 3 atom stereocenters. The van der Waals surface area contributed by atoms with Crippen LogP contribution in [0.3, 0.4) is 0 Å². The van der Waals surface area contributed by atoms with E-state index in [-0.39, 0.29) is 29.5 Å². The van der Waals surface area contributed by atoms with E-state index in [1.807, 2.05) is 26.0 Å². The van der Waals surface area contributed by atoms with Crippen molar-refractivity contribution in [1.29, 1.82) is 0 Å². The van der Waals surface area contributed by atoms with E-state index < -0.39 is 12.2 Å². The molecule has 2 aliphatic rings. The van der Waals surface area contributed by atoms with Gasteiger partial charge in [-0.3, -0.25) is 0 Å². The van der Waals surface area contributed by atoms with Crippen LogP contribution in [0.1, 0.15) is 100 Å². The fraction of sp³-hybridized carbons (Fsp3) is 0.667. The van der Waals surface area contributed by atoms with E-state index in [1.165, 1.54) is 12.0 Å². The Hall–Kier alpha value is -2.77. The van der Waals surface area contributed by atoms with Crippen molar-refractivity contribution in [2.24, 2.45) is 16.7 Å². The van der Waals surface area contributed by atoms with Crippen molar-refractivity contribution in [3.63, 3.8) is 0 Å². The van der Waals surface area contributed by atoms with Gasteiger partial charge in [0.05, 0.1) is 13.2 Å². The molecule has 0 saturated carbocycles. The second-order valence-electron chi connectivity index (χ2n) is 12.9. The highest BCUT2D eigenvalue weighted by Crippen LogP contribution is 2.42. The van der Waals surface area contributed by atoms with Gasteiger partial charge in [-0.1, -0.05) is 84.8 Å². The molecule has 7 heteroatoms. The van der Waals surface area contributed by atoms with E-state index >= 15 is 0 Å². The summed E-state index contributed by atoms with van der Waals surface area (Å²) in [6.07, 6.45) is 26.2. The Balaban J connectivity index is 2.22. The molecule has 1 N–H and O–H groups in total. The predicted octanol–water partition coefficient (Wildman–Crippen LogP) is 9.39. The van der Waals surface area contributed by atoms with E-state index in [4.69, 9.17) is 23.7 Å². The van der Waals surface area contributed by atoms with Crippen molar-refractivity contribution in [3.8, 4) is 0 Å². The fourth-order valence-corrected chi connectivity index (χ4v) is 5.59. The highest BCUT2D eigenvalue weighted by Gasteiger charge is 2.32. The third-order valence-electron chi connectivity index (χ3n) is 9.12. The van der Waals surface area contributed by atoms with Gasteiger partial charge in [-0.15, -0.1) is 0 Å². The van der Waals surface area contributed by atoms with Gasteiger partial charge in [0.1, 0.15) is 30.8 Å². The van der Waals surface area contributed by atoms with Crippen LogP contribution in [0.15, 0.2) is 71.8 Å². The second kappa shape index (κ2) is 21.2. The van der Waals surface area contributed by atoms with Crippen LogP contribution in [0.2, 0.25) is 0 Å². The maximum atomic E-state index is 12.2. The van der Waals surface area contributed by atoms with Crippen molar-refractivity contribution in [2.45, 2.75) is 113 Å². The largest absolute Gasteiger partial charge is 0.491 e. The molecule has 1 heterocycles. The van der Waals surface area contributed by atoms with Crippen molar-refractivity contribution in [1.82, 2.24) is 5.32 Å². The number of epoxide rings is 1. The lowest BCUT2D eigenvalue weighted by molar-refractivity contribution is -0.0104. The number of rotatable bonds is 23. The van der Waals surface area contributed by atoms with Crippen molar-refractivity contribution in [3.05, 3.63) is 71.8 Å². The minimum absolute atomic E-state index is 0.164. The smallest absolute Gasteiger partial charge is 0.407 e. The minimum Gasteiger partial charge on any atom is -0.491 e. The monoisotopic (exact) mass is 641 g/mol. The molecule has 0 aromatic heterocycles. The Bertz CT molecular complexity index is 1070. The molecule has 1 aliphatic carbocycles. The third kappa shape index (κ3) is 13.9. The second-order valence-corrected chi connectivity index (χ2v) is 12.9. The van der Waals surface area contributed by atoms with Crippen LogP contribution < -0.4 is 5.32 Å². The molecule has 1 saturated heterocycles. The number of hydrogen-bond acceptors (Lipinski definition) is 6. The topological polar surface area (TPSA) is 78.6 Å². The Labute approximate surface area is 280 Å². The van der Waals surface area contributed by atoms with Gasteiger partial charge in [-0.2, -0.15) is 0 Å². The number of nitrogens with one attached hydrogen (secondary N) is 1. The molecule has 0 radical (unpaired) electrons. The third-order valence-corrected chi connectivity index (χ3v) is 9.12. The molecule has 46 heavy (non-hydrogen) atoms. The SMILES string of the molecule is C\C=C/C(=C\C=C(/C=C/C(CC)(CC)CCC)C(C)(C)C1C=CC(OCC(COCC)OC(=O)NCCCC)=CC1)OCC1CO1. The summed E-state index contributed by atoms with van der Waals surface area (Å²) in [7, 11) is 0. The van der Waals surface area contributed by atoms with Crippen LogP contribution in [-0.4, -0.2) is 57.9 Å². The van der Waals surface area contributed by atoms with E-state index in [0.717, 1.165) is 56.7 Å². The summed E-state index contributed by atoms with van der Waals surface area (Å²) >= 11 is 0. The van der Waals surface area contributed by atoms with E-state index in [2.05, 4.69) is 89.4 Å². The molecule has 7 nitrogen and oxygen atoms in total. The maximum absolute atomic E-state index is 12.2. The molecule has 0 bridgehead atoms. The Morgan fingerprint density at radius 2 is 1.85 bits per heavy atom. The molecular formula is C39H63NO6. The highest BCUT2D eigenvalue weighted by molar-refractivity contribution is 5.67. The zero-order valence-corrected chi connectivity index (χ0v) is 30.1. The summed E-state index contributed by atoms with van der Waals surface area (Å²) in [5.41, 5.74) is 1.29. The number of carbonyl (C=O) groups is 1. The normalized spacial score (nSPS) is 19.8. The lowest BCUT2D eigenvalue weighted by Gasteiger charge is -2.36. The average molecular weight is 642 g/mol. The number of carbonyl (C=O) groups excluding carboxylic acids is 1. The van der Waals surface area contributed by atoms with Gasteiger partial charge < -0.3 is 29.0 Å². The van der Waals surface area contributed by atoms with Crippen molar-refractivity contribution < 1.29 is 28.5 Å². The molecule has 1 amide bonds. The number of amides is 1. The summed E-state index contributed by atoms with van der Waals surface area (Å²) in [6, 6.07) is 0. The van der Waals surface area contributed by atoms with Crippen LogP contribution in [-0.2, 0) is 23.7 Å². The van der Waals surface area contributed by atoms with Crippen LogP contribution in [0, 0.1) is 16.7 Å². The Kier molecular flexibility index (Phi) is 18.1. The quantitative estimate of drug-likeness (QED) is 0.0518.